The molecule has 1 aliphatic carbocycles. The van der Waals surface area contributed by atoms with Crippen molar-refractivity contribution in [1.82, 2.24) is 10.2 Å². The number of aryl methyl sites for hydroxylation is 2. The lowest BCUT2D eigenvalue weighted by atomic mass is 10.0. The zero-order chi connectivity index (χ0) is 26.2. The van der Waals surface area contributed by atoms with E-state index in [2.05, 4.69) is 5.32 Å². The number of ether oxygens (including phenoxy) is 1. The van der Waals surface area contributed by atoms with Crippen molar-refractivity contribution in [2.45, 2.75) is 64.6 Å². The van der Waals surface area contributed by atoms with E-state index in [1.165, 1.54) is 0 Å². The molecule has 0 aromatic heterocycles. The molecule has 0 unspecified atom stereocenters. The number of halogens is 1. The third-order valence-electron chi connectivity index (χ3n) is 7.08. The van der Waals surface area contributed by atoms with Crippen molar-refractivity contribution in [3.05, 3.63) is 100 Å². The largest absolute Gasteiger partial charge is 0.484 e. The molecular weight excluding hydrogens is 484 g/mol. The molecule has 1 atom stereocenters. The van der Waals surface area contributed by atoms with Crippen LogP contribution in [0, 0.1) is 13.8 Å². The highest BCUT2D eigenvalue weighted by molar-refractivity contribution is 6.30. The van der Waals surface area contributed by atoms with Gasteiger partial charge in [0.05, 0.1) is 0 Å². The Balaban J connectivity index is 1.60. The van der Waals surface area contributed by atoms with E-state index in [1.54, 1.807) is 17.0 Å². The average Bonchev–Trinajstić information content (AvgIpc) is 3.41. The Morgan fingerprint density at radius 1 is 0.946 bits per heavy atom. The highest BCUT2D eigenvalue weighted by Gasteiger charge is 2.32. The monoisotopic (exact) mass is 518 g/mol. The van der Waals surface area contributed by atoms with Gasteiger partial charge in [0, 0.05) is 24.0 Å². The summed E-state index contributed by atoms with van der Waals surface area (Å²) < 4.78 is 5.91. The number of nitrogens with zero attached hydrogens (tertiary/aromatic N) is 1. The second-order valence-electron chi connectivity index (χ2n) is 9.88. The van der Waals surface area contributed by atoms with Crippen molar-refractivity contribution in [3.63, 3.8) is 0 Å². The predicted molar refractivity (Wildman–Crippen MR) is 148 cm³/mol. The molecule has 0 heterocycles. The summed E-state index contributed by atoms with van der Waals surface area (Å²) in [5.41, 5.74) is 4.16. The molecular formula is C31H35ClN2O3. The third-order valence-corrected chi connectivity index (χ3v) is 7.33. The SMILES string of the molecule is Cc1ccc(OCC(=O)N(Cc2ccc(Cl)cc2)[C@H](Cc2ccccc2)C(=O)NC2CCCC2)cc1C. The lowest BCUT2D eigenvalue weighted by Gasteiger charge is -2.32. The highest BCUT2D eigenvalue weighted by Crippen LogP contribution is 2.21. The summed E-state index contributed by atoms with van der Waals surface area (Å²) >= 11 is 6.10. The van der Waals surface area contributed by atoms with Crippen molar-refractivity contribution >= 4 is 23.4 Å². The molecule has 5 nitrogen and oxygen atoms in total. The highest BCUT2D eigenvalue weighted by atomic mass is 35.5. The Morgan fingerprint density at radius 3 is 2.32 bits per heavy atom. The van der Waals surface area contributed by atoms with Crippen LogP contribution in [0.5, 0.6) is 5.75 Å². The number of carbonyl (C=O) groups excluding carboxylic acids is 2. The smallest absolute Gasteiger partial charge is 0.261 e. The van der Waals surface area contributed by atoms with E-state index >= 15 is 0 Å². The third kappa shape index (κ3) is 7.59. The van der Waals surface area contributed by atoms with Crippen molar-refractivity contribution in [2.24, 2.45) is 0 Å². The molecule has 1 aliphatic rings. The van der Waals surface area contributed by atoms with Gasteiger partial charge >= 0.3 is 0 Å². The Kier molecular flexibility index (Phi) is 9.24. The quantitative estimate of drug-likeness (QED) is 0.356. The zero-order valence-electron chi connectivity index (χ0n) is 21.6. The molecule has 1 fully saturated rings. The maximum Gasteiger partial charge on any atom is 0.261 e. The number of rotatable bonds is 10. The van der Waals surface area contributed by atoms with Crippen molar-refractivity contribution in [2.75, 3.05) is 6.61 Å². The summed E-state index contributed by atoms with van der Waals surface area (Å²) in [7, 11) is 0. The minimum absolute atomic E-state index is 0.121. The minimum Gasteiger partial charge on any atom is -0.484 e. The standard InChI is InChI=1S/C31H35ClN2O3/c1-22-12-17-28(18-23(22)2)37-21-30(35)34(20-25-13-15-26(32)16-14-25)29(19-24-8-4-3-5-9-24)31(36)33-27-10-6-7-11-27/h3-5,8-9,12-18,27,29H,6-7,10-11,19-21H2,1-2H3,(H,33,36)/t29-/m1/s1. The van der Waals surface area contributed by atoms with Gasteiger partial charge < -0.3 is 15.0 Å². The lowest BCUT2D eigenvalue weighted by Crippen LogP contribution is -2.53. The summed E-state index contributed by atoms with van der Waals surface area (Å²) in [6.07, 6.45) is 4.61. The van der Waals surface area contributed by atoms with Gasteiger partial charge in [0.15, 0.2) is 6.61 Å². The van der Waals surface area contributed by atoms with Crippen LogP contribution in [0.4, 0.5) is 0 Å². The molecule has 4 rings (SSSR count). The molecule has 0 aliphatic heterocycles. The topological polar surface area (TPSA) is 58.6 Å². The number of nitrogens with one attached hydrogen (secondary N) is 1. The van der Waals surface area contributed by atoms with Crippen LogP contribution in [0.3, 0.4) is 0 Å². The number of hydrogen-bond donors (Lipinski definition) is 1. The fourth-order valence-corrected chi connectivity index (χ4v) is 4.87. The summed E-state index contributed by atoms with van der Waals surface area (Å²) in [6, 6.07) is 22.5. The Labute approximate surface area is 224 Å². The number of amides is 2. The molecule has 37 heavy (non-hydrogen) atoms. The van der Waals surface area contributed by atoms with Crippen molar-refractivity contribution in [1.29, 1.82) is 0 Å². The maximum atomic E-state index is 13.7. The van der Waals surface area contributed by atoms with Gasteiger partial charge in [-0.3, -0.25) is 9.59 Å². The Hall–Kier alpha value is -3.31. The molecule has 1 N–H and O–H groups in total. The zero-order valence-corrected chi connectivity index (χ0v) is 22.3. The molecule has 0 bridgehead atoms. The van der Waals surface area contributed by atoms with Crippen LogP contribution in [0.1, 0.15) is 47.9 Å². The second kappa shape index (κ2) is 12.8. The maximum absolute atomic E-state index is 13.7. The van der Waals surface area contributed by atoms with Gasteiger partial charge in [-0.05, 0) is 73.2 Å². The van der Waals surface area contributed by atoms with Gasteiger partial charge in [-0.15, -0.1) is 0 Å². The van der Waals surface area contributed by atoms with Gasteiger partial charge in [-0.1, -0.05) is 73.0 Å². The van der Waals surface area contributed by atoms with E-state index in [0.29, 0.717) is 17.2 Å². The number of carbonyl (C=O) groups is 2. The normalized spacial score (nSPS) is 14.2. The number of benzene rings is 3. The summed E-state index contributed by atoms with van der Waals surface area (Å²) in [5.74, 6) is 0.276. The van der Waals surface area contributed by atoms with E-state index < -0.39 is 6.04 Å². The van der Waals surface area contributed by atoms with Gasteiger partial charge in [0.25, 0.3) is 5.91 Å². The first-order valence-electron chi connectivity index (χ1n) is 13.0. The number of hydrogen-bond acceptors (Lipinski definition) is 3. The van der Waals surface area contributed by atoms with Crippen LogP contribution < -0.4 is 10.1 Å². The van der Waals surface area contributed by atoms with E-state index in [1.807, 2.05) is 74.5 Å². The van der Waals surface area contributed by atoms with Gasteiger partial charge in [0.2, 0.25) is 5.91 Å². The second-order valence-corrected chi connectivity index (χ2v) is 10.3. The van der Waals surface area contributed by atoms with Crippen molar-refractivity contribution in [3.8, 4) is 5.75 Å². The first kappa shape index (κ1) is 26.7. The first-order valence-corrected chi connectivity index (χ1v) is 13.3. The van der Waals surface area contributed by atoms with Gasteiger partial charge in [-0.25, -0.2) is 0 Å². The van der Waals surface area contributed by atoms with Crippen LogP contribution in [0.15, 0.2) is 72.8 Å². The molecule has 0 saturated heterocycles. The molecule has 1 saturated carbocycles. The molecule has 3 aromatic carbocycles. The lowest BCUT2D eigenvalue weighted by molar-refractivity contribution is -0.143. The summed E-state index contributed by atoms with van der Waals surface area (Å²) in [4.78, 5) is 29.0. The van der Waals surface area contributed by atoms with Crippen LogP contribution in [0.2, 0.25) is 5.02 Å². The van der Waals surface area contributed by atoms with E-state index in [4.69, 9.17) is 16.3 Å². The van der Waals surface area contributed by atoms with E-state index in [0.717, 1.165) is 47.9 Å². The predicted octanol–water partition coefficient (Wildman–Crippen LogP) is 6.03. The van der Waals surface area contributed by atoms with Gasteiger partial charge in [-0.2, -0.15) is 0 Å². The van der Waals surface area contributed by atoms with Crippen molar-refractivity contribution < 1.29 is 14.3 Å². The molecule has 3 aromatic rings. The van der Waals surface area contributed by atoms with Gasteiger partial charge in [0.1, 0.15) is 11.8 Å². The van der Waals surface area contributed by atoms with Crippen LogP contribution >= 0.6 is 11.6 Å². The van der Waals surface area contributed by atoms with Crippen LogP contribution in [0.25, 0.3) is 0 Å². The molecule has 194 valence electrons. The average molecular weight is 519 g/mol. The fourth-order valence-electron chi connectivity index (χ4n) is 4.74. The Bertz CT molecular complexity index is 1190. The fraction of sp³-hybridized carbons (Fsp3) is 0.355. The minimum atomic E-state index is -0.672. The molecule has 6 heteroatoms. The summed E-state index contributed by atoms with van der Waals surface area (Å²) in [6.45, 7) is 4.18. The van der Waals surface area contributed by atoms with E-state index in [-0.39, 0.29) is 31.0 Å². The Morgan fingerprint density at radius 2 is 1.65 bits per heavy atom. The van der Waals surface area contributed by atoms with E-state index in [9.17, 15) is 9.59 Å². The molecule has 0 spiro atoms. The van der Waals surface area contributed by atoms with Crippen LogP contribution in [-0.4, -0.2) is 35.4 Å². The molecule has 2 amide bonds. The summed E-state index contributed by atoms with van der Waals surface area (Å²) in [5, 5.41) is 3.85. The van der Waals surface area contributed by atoms with Crippen LogP contribution in [-0.2, 0) is 22.6 Å². The first-order chi connectivity index (χ1) is 17.9. The molecule has 0 radical (unpaired) electrons.